The molecule has 0 fully saturated rings. The molecule has 0 saturated carbocycles. The number of hydrogen-bond donors (Lipinski definition) is 2. The Morgan fingerprint density at radius 3 is 2.82 bits per heavy atom. The van der Waals surface area contributed by atoms with Gasteiger partial charge in [0.25, 0.3) is 0 Å². The van der Waals surface area contributed by atoms with Crippen molar-refractivity contribution in [2.75, 3.05) is 7.05 Å². The van der Waals surface area contributed by atoms with Gasteiger partial charge in [0.1, 0.15) is 0 Å². The van der Waals surface area contributed by atoms with E-state index in [1.165, 1.54) is 5.56 Å². The first kappa shape index (κ1) is 13.5. The van der Waals surface area contributed by atoms with Crippen LogP contribution in [-0.2, 0) is 13.0 Å². The standard InChI is InChI=1S/C18H19N3O/c1-21(11-16-14-8-4-5-9-15(14)19-20-16)17-10-12-6-2-3-7-13(12)18(17)22/h2-9,17-18,22H,10-11H2,1H3,(H,19,20)/t17-,18+/m1/s1. The molecular formula is C18H19N3O. The minimum absolute atomic E-state index is 0.111. The van der Waals surface area contributed by atoms with E-state index in [4.69, 9.17) is 0 Å². The number of rotatable bonds is 3. The summed E-state index contributed by atoms with van der Waals surface area (Å²) in [7, 11) is 2.06. The first-order chi connectivity index (χ1) is 10.7. The molecule has 0 unspecified atom stereocenters. The van der Waals surface area contributed by atoms with E-state index in [0.717, 1.165) is 35.1 Å². The molecule has 1 heterocycles. The zero-order valence-corrected chi connectivity index (χ0v) is 12.5. The van der Waals surface area contributed by atoms with Crippen molar-refractivity contribution >= 4 is 10.9 Å². The fraction of sp³-hybridized carbons (Fsp3) is 0.278. The predicted molar refractivity (Wildman–Crippen MR) is 86.5 cm³/mol. The molecule has 2 aromatic carbocycles. The minimum atomic E-state index is -0.421. The highest BCUT2D eigenvalue weighted by molar-refractivity contribution is 5.81. The first-order valence-corrected chi connectivity index (χ1v) is 7.62. The van der Waals surface area contributed by atoms with Crippen LogP contribution in [0, 0.1) is 0 Å². The third-order valence-corrected chi connectivity index (χ3v) is 4.68. The lowest BCUT2D eigenvalue weighted by Crippen LogP contribution is -2.34. The van der Waals surface area contributed by atoms with Gasteiger partial charge in [0.05, 0.1) is 17.3 Å². The second-order valence-corrected chi connectivity index (χ2v) is 6.05. The molecule has 2 N–H and O–H groups in total. The second kappa shape index (κ2) is 5.23. The number of hydrogen-bond acceptors (Lipinski definition) is 3. The molecular weight excluding hydrogens is 274 g/mol. The SMILES string of the molecule is CN(Cc1[nH]nc2ccccc12)[C@@H]1Cc2ccccc2[C@@H]1O. The molecule has 0 amide bonds. The lowest BCUT2D eigenvalue weighted by atomic mass is 10.1. The molecule has 1 aliphatic rings. The van der Waals surface area contributed by atoms with Gasteiger partial charge in [-0.2, -0.15) is 5.10 Å². The topological polar surface area (TPSA) is 52.2 Å². The monoisotopic (exact) mass is 293 g/mol. The maximum absolute atomic E-state index is 10.6. The maximum atomic E-state index is 10.6. The number of aromatic amines is 1. The molecule has 4 heteroatoms. The molecule has 0 spiro atoms. The maximum Gasteiger partial charge on any atom is 0.0951 e. The smallest absolute Gasteiger partial charge is 0.0951 e. The molecule has 0 radical (unpaired) electrons. The molecule has 1 aliphatic carbocycles. The van der Waals surface area contributed by atoms with Gasteiger partial charge in [0, 0.05) is 18.0 Å². The number of benzene rings is 2. The summed E-state index contributed by atoms with van der Waals surface area (Å²) in [4.78, 5) is 2.21. The summed E-state index contributed by atoms with van der Waals surface area (Å²) < 4.78 is 0. The third-order valence-electron chi connectivity index (χ3n) is 4.68. The Morgan fingerprint density at radius 2 is 1.95 bits per heavy atom. The van der Waals surface area contributed by atoms with Crippen LogP contribution in [0.4, 0.5) is 0 Å². The molecule has 2 atom stereocenters. The van der Waals surface area contributed by atoms with Crippen LogP contribution in [0.1, 0.15) is 22.9 Å². The summed E-state index contributed by atoms with van der Waals surface area (Å²) in [5.41, 5.74) is 4.40. The molecule has 0 bridgehead atoms. The number of H-pyrrole nitrogens is 1. The number of nitrogens with zero attached hydrogens (tertiary/aromatic N) is 2. The highest BCUT2D eigenvalue weighted by Crippen LogP contribution is 2.34. The van der Waals surface area contributed by atoms with Crippen LogP contribution in [0.2, 0.25) is 0 Å². The highest BCUT2D eigenvalue weighted by atomic mass is 16.3. The average molecular weight is 293 g/mol. The largest absolute Gasteiger partial charge is 0.387 e. The fourth-order valence-corrected chi connectivity index (χ4v) is 3.45. The fourth-order valence-electron chi connectivity index (χ4n) is 3.45. The Bertz CT molecular complexity index is 811. The number of aromatic nitrogens is 2. The molecule has 22 heavy (non-hydrogen) atoms. The Balaban J connectivity index is 1.57. The van der Waals surface area contributed by atoms with Crippen molar-refractivity contribution in [1.29, 1.82) is 0 Å². The van der Waals surface area contributed by atoms with Gasteiger partial charge in [0.2, 0.25) is 0 Å². The van der Waals surface area contributed by atoms with Gasteiger partial charge in [-0.15, -0.1) is 0 Å². The molecule has 0 saturated heterocycles. The lowest BCUT2D eigenvalue weighted by molar-refractivity contribution is 0.0717. The van der Waals surface area contributed by atoms with Crippen LogP contribution in [0.15, 0.2) is 48.5 Å². The van der Waals surface area contributed by atoms with Crippen LogP contribution < -0.4 is 0 Å². The van der Waals surface area contributed by atoms with Crippen LogP contribution in [0.3, 0.4) is 0 Å². The zero-order valence-electron chi connectivity index (χ0n) is 12.5. The third kappa shape index (κ3) is 2.12. The molecule has 112 valence electrons. The van der Waals surface area contributed by atoms with Gasteiger partial charge in [-0.25, -0.2) is 0 Å². The van der Waals surface area contributed by atoms with Gasteiger partial charge >= 0.3 is 0 Å². The molecule has 4 rings (SSSR count). The molecule has 0 aliphatic heterocycles. The van der Waals surface area contributed by atoms with Crippen molar-refractivity contribution in [2.24, 2.45) is 0 Å². The average Bonchev–Trinajstić information content (AvgIpc) is 3.10. The minimum Gasteiger partial charge on any atom is -0.387 e. The Labute approximate surface area is 129 Å². The Kier molecular flexibility index (Phi) is 3.21. The van der Waals surface area contributed by atoms with E-state index < -0.39 is 6.10 Å². The van der Waals surface area contributed by atoms with Crippen molar-refractivity contribution in [2.45, 2.75) is 25.1 Å². The van der Waals surface area contributed by atoms with E-state index >= 15 is 0 Å². The van der Waals surface area contributed by atoms with Gasteiger partial charge in [0.15, 0.2) is 0 Å². The van der Waals surface area contributed by atoms with Crippen LogP contribution in [0.25, 0.3) is 10.9 Å². The van der Waals surface area contributed by atoms with Crippen molar-refractivity contribution in [3.8, 4) is 0 Å². The van der Waals surface area contributed by atoms with Crippen LogP contribution >= 0.6 is 0 Å². The summed E-state index contributed by atoms with van der Waals surface area (Å²) in [6.45, 7) is 0.746. The lowest BCUT2D eigenvalue weighted by Gasteiger charge is -2.26. The number of nitrogens with one attached hydrogen (secondary N) is 1. The van der Waals surface area contributed by atoms with Crippen LogP contribution in [-0.4, -0.2) is 33.3 Å². The highest BCUT2D eigenvalue weighted by Gasteiger charge is 2.33. The zero-order chi connectivity index (χ0) is 15.1. The Morgan fingerprint density at radius 1 is 1.18 bits per heavy atom. The van der Waals surface area contributed by atoms with Gasteiger partial charge in [-0.1, -0.05) is 42.5 Å². The van der Waals surface area contributed by atoms with Crippen LogP contribution in [0.5, 0.6) is 0 Å². The summed E-state index contributed by atoms with van der Waals surface area (Å²) in [5.74, 6) is 0. The Hall–Kier alpha value is -2.17. The van der Waals surface area contributed by atoms with E-state index in [-0.39, 0.29) is 6.04 Å². The number of para-hydroxylation sites is 1. The second-order valence-electron chi connectivity index (χ2n) is 6.05. The number of aliphatic hydroxyl groups is 1. The predicted octanol–water partition coefficient (Wildman–Crippen LogP) is 2.65. The quantitative estimate of drug-likeness (QED) is 0.780. The number of likely N-dealkylation sites (N-methyl/N-ethyl adjacent to an activating group) is 1. The van der Waals surface area contributed by atoms with Crippen molar-refractivity contribution in [1.82, 2.24) is 15.1 Å². The summed E-state index contributed by atoms with van der Waals surface area (Å²) >= 11 is 0. The van der Waals surface area contributed by atoms with E-state index in [2.05, 4.69) is 34.3 Å². The van der Waals surface area contributed by atoms with Crippen molar-refractivity contribution < 1.29 is 5.11 Å². The van der Waals surface area contributed by atoms with Gasteiger partial charge < -0.3 is 5.11 Å². The summed E-state index contributed by atoms with van der Waals surface area (Å²) in [6, 6.07) is 16.4. The van der Waals surface area contributed by atoms with Crippen molar-refractivity contribution in [3.05, 3.63) is 65.4 Å². The van der Waals surface area contributed by atoms with Gasteiger partial charge in [-0.05, 0) is 30.7 Å². The number of fused-ring (bicyclic) bond motifs is 2. The molecule has 3 aromatic rings. The molecule has 1 aromatic heterocycles. The normalized spacial score (nSPS) is 20.7. The summed E-state index contributed by atoms with van der Waals surface area (Å²) in [5, 5.41) is 19.2. The van der Waals surface area contributed by atoms with E-state index in [0.29, 0.717) is 0 Å². The van der Waals surface area contributed by atoms with E-state index in [1.54, 1.807) is 0 Å². The van der Waals surface area contributed by atoms with E-state index in [1.807, 2.05) is 36.4 Å². The molecule has 4 nitrogen and oxygen atoms in total. The van der Waals surface area contributed by atoms with Gasteiger partial charge in [-0.3, -0.25) is 10.00 Å². The first-order valence-electron chi connectivity index (χ1n) is 7.62. The van der Waals surface area contributed by atoms with E-state index in [9.17, 15) is 5.11 Å². The number of aliphatic hydroxyl groups excluding tert-OH is 1. The summed E-state index contributed by atoms with van der Waals surface area (Å²) in [6.07, 6.45) is 0.468. The van der Waals surface area contributed by atoms with Crippen molar-refractivity contribution in [3.63, 3.8) is 0 Å².